The summed E-state index contributed by atoms with van der Waals surface area (Å²) in [5, 5.41) is 3.34. The van der Waals surface area contributed by atoms with E-state index in [0.29, 0.717) is 17.5 Å². The fourth-order valence-electron chi connectivity index (χ4n) is 1.48. The lowest BCUT2D eigenvalue weighted by atomic mass is 10.2. The highest BCUT2D eigenvalue weighted by Gasteiger charge is 2.12. The number of primary amides is 1. The van der Waals surface area contributed by atoms with Gasteiger partial charge < -0.3 is 20.5 Å². The van der Waals surface area contributed by atoms with Crippen molar-refractivity contribution >= 4 is 40.9 Å². The van der Waals surface area contributed by atoms with Crippen LogP contribution in [-0.2, 0) is 11.3 Å². The maximum Gasteiger partial charge on any atom is 0.255 e. The minimum atomic E-state index is -0.511. The van der Waals surface area contributed by atoms with E-state index in [2.05, 4.69) is 41.8 Å². The molecule has 0 saturated carbocycles. The minimum absolute atomic E-state index is 0. The maximum atomic E-state index is 10.8. The molecule has 1 aromatic carbocycles. The largest absolute Gasteiger partial charge is 0.493 e. The maximum absolute atomic E-state index is 10.8. The van der Waals surface area contributed by atoms with Crippen LogP contribution in [0.15, 0.2) is 12.1 Å². The molecule has 0 heterocycles. The number of amides is 1. The van der Waals surface area contributed by atoms with Gasteiger partial charge in [-0.05, 0) is 40.3 Å². The van der Waals surface area contributed by atoms with Crippen molar-refractivity contribution in [2.45, 2.75) is 26.4 Å². The van der Waals surface area contributed by atoms with E-state index in [0.717, 1.165) is 15.7 Å². The molecule has 20 heavy (non-hydrogen) atoms. The molecule has 0 saturated heterocycles. The Kier molecular flexibility index (Phi) is 8.91. The van der Waals surface area contributed by atoms with Gasteiger partial charge >= 0.3 is 0 Å². The monoisotopic (exact) mass is 414 g/mol. The summed E-state index contributed by atoms with van der Waals surface area (Å²) in [6.45, 7) is 4.77. The average molecular weight is 415 g/mol. The number of nitrogens with one attached hydrogen (secondary N) is 1. The third-order valence-corrected chi connectivity index (χ3v) is 3.16. The van der Waals surface area contributed by atoms with Gasteiger partial charge in [-0.3, -0.25) is 4.79 Å². The van der Waals surface area contributed by atoms with Gasteiger partial charge in [-0.15, -0.1) is 12.4 Å². The fraction of sp³-hybridized carbons (Fsp3) is 0.462. The molecule has 0 aliphatic rings. The lowest BCUT2D eigenvalue weighted by Crippen LogP contribution is -2.22. The van der Waals surface area contributed by atoms with Crippen molar-refractivity contribution in [1.29, 1.82) is 0 Å². The van der Waals surface area contributed by atoms with E-state index >= 15 is 0 Å². The summed E-state index contributed by atoms with van der Waals surface area (Å²) in [5.41, 5.74) is 6.17. The lowest BCUT2D eigenvalue weighted by molar-refractivity contribution is -0.119. The van der Waals surface area contributed by atoms with Gasteiger partial charge in [0.15, 0.2) is 18.1 Å². The highest BCUT2D eigenvalue weighted by molar-refractivity contribution is 14.1. The predicted octanol–water partition coefficient (Wildman–Crippen LogP) is 2.08. The van der Waals surface area contributed by atoms with Gasteiger partial charge in [0, 0.05) is 12.6 Å². The van der Waals surface area contributed by atoms with E-state index in [1.54, 1.807) is 7.11 Å². The highest BCUT2D eigenvalue weighted by Crippen LogP contribution is 2.33. The van der Waals surface area contributed by atoms with Crippen LogP contribution >= 0.6 is 35.0 Å². The average Bonchev–Trinajstić information content (AvgIpc) is 2.34. The zero-order valence-corrected chi connectivity index (χ0v) is 14.7. The van der Waals surface area contributed by atoms with Gasteiger partial charge in [-0.1, -0.05) is 13.8 Å². The second-order valence-corrected chi connectivity index (χ2v) is 5.56. The third kappa shape index (κ3) is 6.15. The second kappa shape index (κ2) is 9.25. The number of carbonyl (C=O) groups is 1. The molecule has 0 bridgehead atoms. The standard InChI is InChI=1S/C13H19IN2O3.ClH/c1-8(2)16-6-9-4-10(14)13(11(5-9)18-3)19-7-12(15)17;/h4-5,8,16H,6-7H2,1-3H3,(H2,15,17);1H. The smallest absolute Gasteiger partial charge is 0.255 e. The molecule has 0 spiro atoms. The fourth-order valence-corrected chi connectivity index (χ4v) is 2.30. The third-order valence-electron chi connectivity index (χ3n) is 2.36. The molecule has 0 aromatic heterocycles. The van der Waals surface area contributed by atoms with Crippen LogP contribution in [0.4, 0.5) is 0 Å². The molecule has 0 fully saturated rings. The second-order valence-electron chi connectivity index (χ2n) is 4.40. The number of nitrogens with two attached hydrogens (primary N) is 1. The lowest BCUT2D eigenvalue weighted by Gasteiger charge is -2.14. The highest BCUT2D eigenvalue weighted by atomic mass is 127. The molecule has 3 N–H and O–H groups in total. The summed E-state index contributed by atoms with van der Waals surface area (Å²) < 4.78 is 11.6. The van der Waals surface area contributed by atoms with E-state index < -0.39 is 5.91 Å². The summed E-state index contributed by atoms with van der Waals surface area (Å²) in [5.74, 6) is 0.646. The number of benzene rings is 1. The van der Waals surface area contributed by atoms with Crippen LogP contribution < -0.4 is 20.5 Å². The van der Waals surface area contributed by atoms with Crippen molar-refractivity contribution in [3.8, 4) is 11.5 Å². The van der Waals surface area contributed by atoms with Gasteiger partial charge in [0.2, 0.25) is 0 Å². The molecule has 1 aromatic rings. The van der Waals surface area contributed by atoms with Crippen molar-refractivity contribution in [2.24, 2.45) is 5.73 Å². The molecule has 7 heteroatoms. The first-order valence-electron chi connectivity index (χ1n) is 5.95. The molecule has 1 amide bonds. The summed E-state index contributed by atoms with van der Waals surface area (Å²) in [7, 11) is 1.57. The summed E-state index contributed by atoms with van der Waals surface area (Å²) in [6.07, 6.45) is 0. The minimum Gasteiger partial charge on any atom is -0.493 e. The normalized spacial score (nSPS) is 10.1. The quantitative estimate of drug-likeness (QED) is 0.670. The Bertz CT molecular complexity index is 455. The van der Waals surface area contributed by atoms with Crippen molar-refractivity contribution in [3.63, 3.8) is 0 Å². The van der Waals surface area contributed by atoms with Crippen LogP contribution in [0.2, 0.25) is 0 Å². The van der Waals surface area contributed by atoms with Crippen LogP contribution in [0.5, 0.6) is 11.5 Å². The van der Waals surface area contributed by atoms with E-state index in [-0.39, 0.29) is 19.0 Å². The van der Waals surface area contributed by atoms with E-state index in [9.17, 15) is 4.79 Å². The van der Waals surface area contributed by atoms with Gasteiger partial charge in [0.1, 0.15) is 0 Å². The Hall–Kier alpha value is -0.730. The van der Waals surface area contributed by atoms with Crippen molar-refractivity contribution in [3.05, 3.63) is 21.3 Å². The van der Waals surface area contributed by atoms with Crippen LogP contribution in [0, 0.1) is 3.57 Å². The zero-order chi connectivity index (χ0) is 14.4. The van der Waals surface area contributed by atoms with Gasteiger partial charge in [0.05, 0.1) is 10.7 Å². The molecule has 0 atom stereocenters. The van der Waals surface area contributed by atoms with Gasteiger partial charge in [-0.25, -0.2) is 0 Å². The molecule has 1 rings (SSSR count). The molecule has 5 nitrogen and oxygen atoms in total. The number of ether oxygens (including phenoxy) is 2. The number of methoxy groups -OCH3 is 1. The number of halogens is 2. The van der Waals surface area contributed by atoms with Gasteiger partial charge in [-0.2, -0.15) is 0 Å². The van der Waals surface area contributed by atoms with E-state index in [1.165, 1.54) is 0 Å². The Labute approximate surface area is 139 Å². The van der Waals surface area contributed by atoms with Crippen LogP contribution in [-0.4, -0.2) is 25.7 Å². The summed E-state index contributed by atoms with van der Waals surface area (Å²) >= 11 is 2.15. The number of rotatable bonds is 7. The first-order valence-corrected chi connectivity index (χ1v) is 7.02. The van der Waals surface area contributed by atoms with Crippen molar-refractivity contribution in [1.82, 2.24) is 5.32 Å². The van der Waals surface area contributed by atoms with E-state index in [1.807, 2.05) is 12.1 Å². The molecular formula is C13H20ClIN2O3. The van der Waals surface area contributed by atoms with E-state index in [4.69, 9.17) is 15.2 Å². The molecule has 114 valence electrons. The molecule has 0 radical (unpaired) electrons. The Morgan fingerprint density at radius 1 is 1.45 bits per heavy atom. The Morgan fingerprint density at radius 2 is 2.10 bits per heavy atom. The van der Waals surface area contributed by atoms with Crippen LogP contribution in [0.3, 0.4) is 0 Å². The van der Waals surface area contributed by atoms with Crippen LogP contribution in [0.25, 0.3) is 0 Å². The summed E-state index contributed by atoms with van der Waals surface area (Å²) in [6, 6.07) is 4.30. The number of hydrogen-bond donors (Lipinski definition) is 2. The zero-order valence-electron chi connectivity index (χ0n) is 11.7. The van der Waals surface area contributed by atoms with Gasteiger partial charge in [0.25, 0.3) is 5.91 Å². The molecule has 0 unspecified atom stereocenters. The number of hydrogen-bond acceptors (Lipinski definition) is 4. The summed E-state index contributed by atoms with van der Waals surface area (Å²) in [4.78, 5) is 10.8. The topological polar surface area (TPSA) is 73.6 Å². The predicted molar refractivity (Wildman–Crippen MR) is 89.6 cm³/mol. The first kappa shape index (κ1) is 19.3. The Balaban J connectivity index is 0.00000361. The number of carbonyl (C=O) groups excluding carboxylic acids is 1. The van der Waals surface area contributed by atoms with Crippen molar-refractivity contribution < 1.29 is 14.3 Å². The molecule has 0 aliphatic heterocycles. The SMILES string of the molecule is COc1cc(CNC(C)C)cc(I)c1OCC(N)=O.Cl. The Morgan fingerprint density at radius 3 is 2.60 bits per heavy atom. The molecule has 0 aliphatic carbocycles. The van der Waals surface area contributed by atoms with Crippen molar-refractivity contribution in [2.75, 3.05) is 13.7 Å². The molecular weight excluding hydrogens is 395 g/mol. The first-order chi connectivity index (χ1) is 8.93. The van der Waals surface area contributed by atoms with Crippen LogP contribution in [0.1, 0.15) is 19.4 Å².